The van der Waals surface area contributed by atoms with Crippen LogP contribution in [0.3, 0.4) is 0 Å². The topological polar surface area (TPSA) is 69.6 Å². The number of hydrogen-bond acceptors (Lipinski definition) is 2. The molecule has 114 valence electrons. The third kappa shape index (κ3) is 4.39. The normalized spacial score (nSPS) is 29.8. The van der Waals surface area contributed by atoms with Crippen molar-refractivity contribution < 1.29 is 14.7 Å². The third-order valence-electron chi connectivity index (χ3n) is 4.32. The average Bonchev–Trinajstić information content (AvgIpc) is 3.11. The molecule has 0 aromatic rings. The number of nitrogens with zero attached hydrogens (tertiary/aromatic N) is 1. The zero-order valence-corrected chi connectivity index (χ0v) is 12.5. The molecule has 0 heterocycles. The molecule has 0 saturated heterocycles. The van der Waals surface area contributed by atoms with E-state index < -0.39 is 5.97 Å². The molecule has 2 aliphatic carbocycles. The van der Waals surface area contributed by atoms with E-state index >= 15 is 0 Å². The monoisotopic (exact) mass is 282 g/mol. The summed E-state index contributed by atoms with van der Waals surface area (Å²) in [5.41, 5.74) is 0. The van der Waals surface area contributed by atoms with Gasteiger partial charge in [-0.1, -0.05) is 13.8 Å². The van der Waals surface area contributed by atoms with Crippen molar-refractivity contribution in [2.45, 2.75) is 64.5 Å². The number of carbonyl (C=O) groups is 2. The maximum absolute atomic E-state index is 12.3. The van der Waals surface area contributed by atoms with Crippen molar-refractivity contribution in [2.75, 3.05) is 6.54 Å². The van der Waals surface area contributed by atoms with Crippen LogP contribution in [-0.2, 0) is 4.79 Å². The van der Waals surface area contributed by atoms with Crippen LogP contribution in [0.4, 0.5) is 4.79 Å². The van der Waals surface area contributed by atoms with E-state index in [-0.39, 0.29) is 24.5 Å². The van der Waals surface area contributed by atoms with Gasteiger partial charge in [0.15, 0.2) is 0 Å². The second-order valence-electron chi connectivity index (χ2n) is 6.63. The summed E-state index contributed by atoms with van der Waals surface area (Å²) in [7, 11) is 0. The second kappa shape index (κ2) is 6.46. The Morgan fingerprint density at radius 1 is 1.15 bits per heavy atom. The van der Waals surface area contributed by atoms with E-state index in [4.69, 9.17) is 5.11 Å². The molecule has 5 heteroatoms. The van der Waals surface area contributed by atoms with Crippen LogP contribution in [0.15, 0.2) is 0 Å². The number of carboxylic acids is 1. The van der Waals surface area contributed by atoms with Gasteiger partial charge in [-0.05, 0) is 43.9 Å². The molecule has 0 bridgehead atoms. The van der Waals surface area contributed by atoms with Gasteiger partial charge in [0.05, 0.1) is 6.42 Å². The Balaban J connectivity index is 1.86. The first kappa shape index (κ1) is 15.1. The summed E-state index contributed by atoms with van der Waals surface area (Å²) in [5, 5.41) is 11.9. The third-order valence-corrected chi connectivity index (χ3v) is 4.32. The van der Waals surface area contributed by atoms with Crippen LogP contribution in [0, 0.1) is 11.8 Å². The van der Waals surface area contributed by atoms with Crippen molar-refractivity contribution in [3.63, 3.8) is 0 Å². The summed E-state index contributed by atoms with van der Waals surface area (Å²) < 4.78 is 0. The Kier molecular flexibility index (Phi) is 4.89. The predicted molar refractivity (Wildman–Crippen MR) is 76.5 cm³/mol. The van der Waals surface area contributed by atoms with Crippen LogP contribution < -0.4 is 5.32 Å². The molecule has 0 aromatic heterocycles. The maximum Gasteiger partial charge on any atom is 0.317 e. The highest BCUT2D eigenvalue weighted by Gasteiger charge is 2.34. The summed E-state index contributed by atoms with van der Waals surface area (Å²) in [5.74, 6) is 0.457. The minimum Gasteiger partial charge on any atom is -0.481 e. The number of amides is 2. The van der Waals surface area contributed by atoms with Crippen molar-refractivity contribution in [1.29, 1.82) is 0 Å². The number of carbonyl (C=O) groups excluding carboxylic acids is 1. The Morgan fingerprint density at radius 2 is 1.75 bits per heavy atom. The van der Waals surface area contributed by atoms with E-state index in [0.717, 1.165) is 25.7 Å². The molecule has 0 aliphatic heterocycles. The molecule has 0 radical (unpaired) electrons. The van der Waals surface area contributed by atoms with E-state index in [1.807, 2.05) is 0 Å². The number of aliphatic carboxylic acids is 1. The molecule has 2 unspecified atom stereocenters. The summed E-state index contributed by atoms with van der Waals surface area (Å²) in [4.78, 5) is 24.7. The molecular weight excluding hydrogens is 256 g/mol. The number of nitrogens with one attached hydrogen (secondary N) is 1. The molecule has 0 aromatic carbocycles. The van der Waals surface area contributed by atoms with Gasteiger partial charge in [0.1, 0.15) is 0 Å². The zero-order chi connectivity index (χ0) is 14.7. The molecule has 20 heavy (non-hydrogen) atoms. The Morgan fingerprint density at radius 3 is 2.25 bits per heavy atom. The standard InChI is InChI=1S/C15H26N2O3/c1-10-7-11(2)9-12(8-10)16-15(20)17(13-3-4-13)6-5-14(18)19/h10-13H,3-9H2,1-2H3,(H,16,20)(H,18,19). The molecule has 5 nitrogen and oxygen atoms in total. The van der Waals surface area contributed by atoms with E-state index in [9.17, 15) is 9.59 Å². The molecule has 2 rings (SSSR count). The van der Waals surface area contributed by atoms with Crippen molar-refractivity contribution in [3.05, 3.63) is 0 Å². The van der Waals surface area contributed by atoms with Crippen LogP contribution in [0.2, 0.25) is 0 Å². The molecular formula is C15H26N2O3. The smallest absolute Gasteiger partial charge is 0.317 e. The minimum absolute atomic E-state index is 0.0292. The lowest BCUT2D eigenvalue weighted by Gasteiger charge is -2.33. The fourth-order valence-corrected chi connectivity index (χ4v) is 3.37. The Hall–Kier alpha value is -1.26. The fraction of sp³-hybridized carbons (Fsp3) is 0.867. The van der Waals surface area contributed by atoms with Gasteiger partial charge in [0, 0.05) is 18.6 Å². The summed E-state index contributed by atoms with van der Waals surface area (Å²) in [6, 6.07) is 0.431. The average molecular weight is 282 g/mol. The summed E-state index contributed by atoms with van der Waals surface area (Å²) >= 11 is 0. The second-order valence-corrected chi connectivity index (χ2v) is 6.63. The number of rotatable bonds is 5. The number of hydrogen-bond donors (Lipinski definition) is 2. The zero-order valence-electron chi connectivity index (χ0n) is 12.5. The molecule has 2 N–H and O–H groups in total. The maximum atomic E-state index is 12.3. The van der Waals surface area contributed by atoms with Gasteiger partial charge in [0.25, 0.3) is 0 Å². The van der Waals surface area contributed by atoms with E-state index in [1.165, 1.54) is 6.42 Å². The first-order valence-electron chi connectivity index (χ1n) is 7.74. The molecule has 0 spiro atoms. The molecule has 2 saturated carbocycles. The van der Waals surface area contributed by atoms with Crippen LogP contribution in [0.5, 0.6) is 0 Å². The van der Waals surface area contributed by atoms with Crippen molar-refractivity contribution in [2.24, 2.45) is 11.8 Å². The van der Waals surface area contributed by atoms with E-state index in [2.05, 4.69) is 19.2 Å². The lowest BCUT2D eigenvalue weighted by molar-refractivity contribution is -0.137. The van der Waals surface area contributed by atoms with Crippen LogP contribution >= 0.6 is 0 Å². The minimum atomic E-state index is -0.844. The number of carboxylic acid groups (broad SMARTS) is 1. The van der Waals surface area contributed by atoms with Crippen molar-refractivity contribution in [3.8, 4) is 0 Å². The largest absolute Gasteiger partial charge is 0.481 e. The van der Waals surface area contributed by atoms with Gasteiger partial charge in [-0.15, -0.1) is 0 Å². The van der Waals surface area contributed by atoms with Gasteiger partial charge in [-0.3, -0.25) is 4.79 Å². The van der Waals surface area contributed by atoms with Crippen molar-refractivity contribution >= 4 is 12.0 Å². The lowest BCUT2D eigenvalue weighted by atomic mass is 9.80. The van der Waals surface area contributed by atoms with E-state index in [1.54, 1.807) is 4.90 Å². The van der Waals surface area contributed by atoms with Crippen LogP contribution in [0.1, 0.15) is 52.4 Å². The summed E-state index contributed by atoms with van der Waals surface area (Å²) in [6.07, 6.45) is 5.34. The molecule has 2 atom stereocenters. The molecule has 2 amide bonds. The van der Waals surface area contributed by atoms with Crippen LogP contribution in [0.25, 0.3) is 0 Å². The van der Waals surface area contributed by atoms with Gasteiger partial charge in [-0.25, -0.2) is 4.79 Å². The Bertz CT molecular complexity index is 358. The number of urea groups is 1. The lowest BCUT2D eigenvalue weighted by Crippen LogP contribution is -2.48. The van der Waals surface area contributed by atoms with Crippen molar-refractivity contribution in [1.82, 2.24) is 10.2 Å². The molecule has 2 fully saturated rings. The highest BCUT2D eigenvalue weighted by molar-refractivity contribution is 5.76. The van der Waals surface area contributed by atoms with Gasteiger partial charge < -0.3 is 15.3 Å². The first-order valence-corrected chi connectivity index (χ1v) is 7.74. The summed E-state index contributed by atoms with van der Waals surface area (Å²) in [6.45, 7) is 4.79. The highest BCUT2D eigenvalue weighted by atomic mass is 16.4. The fourth-order valence-electron chi connectivity index (χ4n) is 3.37. The highest BCUT2D eigenvalue weighted by Crippen LogP contribution is 2.30. The van der Waals surface area contributed by atoms with Gasteiger partial charge in [-0.2, -0.15) is 0 Å². The van der Waals surface area contributed by atoms with Gasteiger partial charge in [0.2, 0.25) is 0 Å². The Labute approximate surface area is 120 Å². The molecule has 2 aliphatic rings. The quantitative estimate of drug-likeness (QED) is 0.813. The van der Waals surface area contributed by atoms with E-state index in [0.29, 0.717) is 18.4 Å². The van der Waals surface area contributed by atoms with Crippen LogP contribution in [-0.4, -0.2) is 40.6 Å². The predicted octanol–water partition coefficient (Wildman–Crippen LogP) is 2.46. The first-order chi connectivity index (χ1) is 9.45. The SMILES string of the molecule is CC1CC(C)CC(NC(=O)N(CCC(=O)O)C2CC2)C1. The van der Waals surface area contributed by atoms with Gasteiger partial charge >= 0.3 is 12.0 Å².